The van der Waals surface area contributed by atoms with E-state index in [0.29, 0.717) is 12.1 Å². The Labute approximate surface area is 95.8 Å². The zero-order valence-corrected chi connectivity index (χ0v) is 11.3. The van der Waals surface area contributed by atoms with Gasteiger partial charge in [-0.25, -0.2) is 0 Å². The zero-order chi connectivity index (χ0) is 11.8. The summed E-state index contributed by atoms with van der Waals surface area (Å²) in [6.07, 6.45) is 4.13. The van der Waals surface area contributed by atoms with Crippen molar-refractivity contribution in [1.29, 1.82) is 0 Å². The molecule has 15 heavy (non-hydrogen) atoms. The van der Waals surface area contributed by atoms with Crippen molar-refractivity contribution in [2.75, 3.05) is 14.2 Å². The Bertz CT molecular complexity index is 135. The van der Waals surface area contributed by atoms with Gasteiger partial charge in [0.25, 0.3) is 0 Å². The molecule has 0 radical (unpaired) electrons. The molecule has 0 fully saturated rings. The number of hydrogen-bond acceptors (Lipinski definition) is 2. The van der Waals surface area contributed by atoms with Crippen molar-refractivity contribution >= 4 is 0 Å². The fraction of sp³-hybridized carbons (Fsp3) is 1.00. The predicted molar refractivity (Wildman–Crippen MR) is 67.2 cm³/mol. The molecule has 0 aromatic rings. The Morgan fingerprint density at radius 3 is 2.00 bits per heavy atom. The minimum atomic E-state index is 0.387. The minimum Gasteiger partial charge on any atom is -0.382 e. The Morgan fingerprint density at radius 2 is 1.60 bits per heavy atom. The molecule has 2 heteroatoms. The van der Waals surface area contributed by atoms with E-state index < -0.39 is 0 Å². The number of methoxy groups -OCH3 is 1. The smallest absolute Gasteiger partial charge is 0.0545 e. The van der Waals surface area contributed by atoms with Gasteiger partial charge in [-0.3, -0.25) is 0 Å². The van der Waals surface area contributed by atoms with Gasteiger partial charge < -0.3 is 10.1 Å². The molecule has 1 N–H and O–H groups in total. The van der Waals surface area contributed by atoms with Crippen molar-refractivity contribution in [3.63, 3.8) is 0 Å². The lowest BCUT2D eigenvalue weighted by molar-refractivity contribution is 0.0878. The third-order valence-corrected chi connectivity index (χ3v) is 3.05. The van der Waals surface area contributed by atoms with Crippen LogP contribution in [0.25, 0.3) is 0 Å². The van der Waals surface area contributed by atoms with Crippen LogP contribution in [0.3, 0.4) is 0 Å². The second kappa shape index (κ2) is 8.12. The molecule has 0 bridgehead atoms. The van der Waals surface area contributed by atoms with Gasteiger partial charge in [0.1, 0.15) is 0 Å². The summed E-state index contributed by atoms with van der Waals surface area (Å²) >= 11 is 0. The summed E-state index contributed by atoms with van der Waals surface area (Å²) in [5.41, 5.74) is 0. The molecule has 92 valence electrons. The van der Waals surface area contributed by atoms with E-state index in [4.69, 9.17) is 4.74 Å². The Morgan fingerprint density at radius 1 is 1.00 bits per heavy atom. The van der Waals surface area contributed by atoms with Gasteiger partial charge in [0.2, 0.25) is 0 Å². The Kier molecular flexibility index (Phi) is 8.07. The first-order valence-electron chi connectivity index (χ1n) is 6.19. The van der Waals surface area contributed by atoms with E-state index in [-0.39, 0.29) is 0 Å². The standard InChI is InChI=1S/C13H29NO/c1-10(2)7-13(8-11(3)14-5)9-12(4)15-6/h10-14H,7-9H2,1-6H3. The lowest BCUT2D eigenvalue weighted by Gasteiger charge is -2.24. The molecule has 0 aliphatic carbocycles. The van der Waals surface area contributed by atoms with E-state index in [0.717, 1.165) is 11.8 Å². The molecule has 0 heterocycles. The van der Waals surface area contributed by atoms with E-state index in [2.05, 4.69) is 33.0 Å². The third-order valence-electron chi connectivity index (χ3n) is 3.05. The fourth-order valence-corrected chi connectivity index (χ4v) is 2.14. The molecule has 0 aliphatic heterocycles. The lowest BCUT2D eigenvalue weighted by atomic mass is 9.87. The van der Waals surface area contributed by atoms with Crippen molar-refractivity contribution in [2.45, 2.75) is 59.1 Å². The van der Waals surface area contributed by atoms with Crippen LogP contribution in [-0.2, 0) is 4.74 Å². The molecule has 0 saturated heterocycles. The van der Waals surface area contributed by atoms with Gasteiger partial charge in [-0.1, -0.05) is 13.8 Å². The fourth-order valence-electron chi connectivity index (χ4n) is 2.14. The maximum absolute atomic E-state index is 5.36. The quantitative estimate of drug-likeness (QED) is 0.672. The summed E-state index contributed by atoms with van der Waals surface area (Å²) in [6.45, 7) is 9.02. The summed E-state index contributed by atoms with van der Waals surface area (Å²) in [6, 6.07) is 0.609. The first kappa shape index (κ1) is 14.9. The highest BCUT2D eigenvalue weighted by molar-refractivity contribution is 4.70. The highest BCUT2D eigenvalue weighted by atomic mass is 16.5. The normalized spacial score (nSPS) is 17.8. The molecule has 0 aromatic carbocycles. The lowest BCUT2D eigenvalue weighted by Crippen LogP contribution is -2.26. The molecular formula is C13H29NO. The first-order valence-corrected chi connectivity index (χ1v) is 6.19. The van der Waals surface area contributed by atoms with Crippen LogP contribution in [0, 0.1) is 11.8 Å². The number of rotatable bonds is 8. The van der Waals surface area contributed by atoms with Crippen molar-refractivity contribution in [3.05, 3.63) is 0 Å². The molecule has 0 amide bonds. The molecular weight excluding hydrogens is 186 g/mol. The van der Waals surface area contributed by atoms with Gasteiger partial charge >= 0.3 is 0 Å². The molecule has 3 atom stereocenters. The highest BCUT2D eigenvalue weighted by Crippen LogP contribution is 2.23. The Hall–Kier alpha value is -0.0800. The topological polar surface area (TPSA) is 21.3 Å². The zero-order valence-electron chi connectivity index (χ0n) is 11.3. The molecule has 0 rings (SSSR count). The third kappa shape index (κ3) is 7.80. The second-order valence-electron chi connectivity index (χ2n) is 5.20. The van der Waals surface area contributed by atoms with E-state index >= 15 is 0 Å². The van der Waals surface area contributed by atoms with Crippen LogP contribution in [0.2, 0.25) is 0 Å². The largest absolute Gasteiger partial charge is 0.382 e. The van der Waals surface area contributed by atoms with Crippen LogP contribution in [0.15, 0.2) is 0 Å². The van der Waals surface area contributed by atoms with Crippen molar-refractivity contribution < 1.29 is 4.74 Å². The SMILES string of the molecule is CNC(C)CC(CC(C)C)CC(C)OC. The van der Waals surface area contributed by atoms with Gasteiger partial charge in [0.15, 0.2) is 0 Å². The summed E-state index contributed by atoms with van der Waals surface area (Å²) < 4.78 is 5.36. The first-order chi connectivity index (χ1) is 6.99. The van der Waals surface area contributed by atoms with E-state index in [1.807, 2.05) is 7.05 Å². The van der Waals surface area contributed by atoms with Gasteiger partial charge in [-0.2, -0.15) is 0 Å². The van der Waals surface area contributed by atoms with Crippen LogP contribution < -0.4 is 5.32 Å². The van der Waals surface area contributed by atoms with Crippen molar-refractivity contribution in [1.82, 2.24) is 5.32 Å². The number of hydrogen-bond donors (Lipinski definition) is 1. The molecule has 0 aliphatic rings. The molecule has 0 spiro atoms. The summed E-state index contributed by atoms with van der Waals surface area (Å²) in [5, 5.41) is 3.32. The number of nitrogens with one attached hydrogen (secondary N) is 1. The van der Waals surface area contributed by atoms with Crippen LogP contribution in [0.1, 0.15) is 47.0 Å². The van der Waals surface area contributed by atoms with Gasteiger partial charge in [-0.05, 0) is 52.0 Å². The van der Waals surface area contributed by atoms with Gasteiger partial charge in [0, 0.05) is 13.2 Å². The average Bonchev–Trinajstić information content (AvgIpc) is 2.16. The van der Waals surface area contributed by atoms with Crippen molar-refractivity contribution in [2.24, 2.45) is 11.8 Å². The average molecular weight is 215 g/mol. The molecule has 0 aromatic heterocycles. The highest BCUT2D eigenvalue weighted by Gasteiger charge is 2.16. The van der Waals surface area contributed by atoms with Crippen LogP contribution in [-0.4, -0.2) is 26.3 Å². The Balaban J connectivity index is 4.05. The monoisotopic (exact) mass is 215 g/mol. The summed E-state index contributed by atoms with van der Waals surface area (Å²) in [4.78, 5) is 0. The number of ether oxygens (including phenoxy) is 1. The predicted octanol–water partition coefficient (Wildman–Crippen LogP) is 3.07. The van der Waals surface area contributed by atoms with Crippen molar-refractivity contribution in [3.8, 4) is 0 Å². The summed E-state index contributed by atoms with van der Waals surface area (Å²) in [7, 11) is 3.84. The summed E-state index contributed by atoms with van der Waals surface area (Å²) in [5.74, 6) is 1.56. The van der Waals surface area contributed by atoms with E-state index in [1.54, 1.807) is 7.11 Å². The van der Waals surface area contributed by atoms with Gasteiger partial charge in [-0.15, -0.1) is 0 Å². The van der Waals surface area contributed by atoms with E-state index in [9.17, 15) is 0 Å². The van der Waals surface area contributed by atoms with Crippen LogP contribution in [0.4, 0.5) is 0 Å². The molecule has 3 unspecified atom stereocenters. The van der Waals surface area contributed by atoms with Crippen LogP contribution in [0.5, 0.6) is 0 Å². The van der Waals surface area contributed by atoms with E-state index in [1.165, 1.54) is 19.3 Å². The molecule has 2 nitrogen and oxygen atoms in total. The van der Waals surface area contributed by atoms with Crippen LogP contribution >= 0.6 is 0 Å². The maximum Gasteiger partial charge on any atom is 0.0545 e. The second-order valence-corrected chi connectivity index (χ2v) is 5.20. The van der Waals surface area contributed by atoms with Gasteiger partial charge in [0.05, 0.1) is 6.10 Å². The molecule has 0 saturated carbocycles. The maximum atomic E-state index is 5.36. The minimum absolute atomic E-state index is 0.387.